The maximum atomic E-state index is 12.0. The average Bonchev–Trinajstić information content (AvgIpc) is 3.02. The number of H-pyrrole nitrogens is 1. The Balaban J connectivity index is 1.69. The van der Waals surface area contributed by atoms with E-state index in [0.29, 0.717) is 28.0 Å². The first kappa shape index (κ1) is 16.1. The molecule has 0 aliphatic heterocycles. The van der Waals surface area contributed by atoms with Crippen LogP contribution in [-0.4, -0.2) is 28.7 Å². The van der Waals surface area contributed by atoms with Crippen molar-refractivity contribution in [3.63, 3.8) is 0 Å². The van der Waals surface area contributed by atoms with Crippen molar-refractivity contribution in [1.29, 1.82) is 0 Å². The van der Waals surface area contributed by atoms with Gasteiger partial charge in [0.2, 0.25) is 0 Å². The second-order valence-electron chi connectivity index (χ2n) is 5.05. The van der Waals surface area contributed by atoms with E-state index in [1.807, 2.05) is 0 Å². The summed E-state index contributed by atoms with van der Waals surface area (Å²) >= 11 is 0. The van der Waals surface area contributed by atoms with Crippen LogP contribution in [0, 0.1) is 12.3 Å². The first-order chi connectivity index (χ1) is 12.2. The molecule has 0 saturated heterocycles. The van der Waals surface area contributed by atoms with Gasteiger partial charge in [-0.15, -0.1) is 6.42 Å². The van der Waals surface area contributed by atoms with Crippen LogP contribution in [0.1, 0.15) is 10.4 Å². The number of aromatic nitrogens is 2. The standard InChI is InChI=1S/C18H14N4O3/c1-2-10-25-13-8-9-14-15(11-13)21-22-16(14)19-18(24)20-17(23)12-6-4-3-5-7-12/h1,3-9,11H,10H2,(H3,19,20,21,22,23,24). The van der Waals surface area contributed by atoms with Crippen LogP contribution >= 0.6 is 0 Å². The lowest BCUT2D eigenvalue weighted by Gasteiger charge is -2.05. The minimum absolute atomic E-state index is 0.161. The van der Waals surface area contributed by atoms with Gasteiger partial charge in [0.1, 0.15) is 12.4 Å². The van der Waals surface area contributed by atoms with Gasteiger partial charge in [-0.1, -0.05) is 24.1 Å². The molecule has 0 aliphatic rings. The van der Waals surface area contributed by atoms with Gasteiger partial charge in [-0.25, -0.2) is 4.79 Å². The van der Waals surface area contributed by atoms with E-state index < -0.39 is 11.9 Å². The van der Waals surface area contributed by atoms with Crippen LogP contribution in [0.4, 0.5) is 10.6 Å². The summed E-state index contributed by atoms with van der Waals surface area (Å²) in [5.41, 5.74) is 1.05. The number of anilines is 1. The van der Waals surface area contributed by atoms with Crippen LogP contribution in [0.15, 0.2) is 48.5 Å². The van der Waals surface area contributed by atoms with Crippen LogP contribution in [0.3, 0.4) is 0 Å². The third-order valence-corrected chi connectivity index (χ3v) is 3.35. The van der Waals surface area contributed by atoms with Gasteiger partial charge in [-0.05, 0) is 24.3 Å². The van der Waals surface area contributed by atoms with E-state index in [-0.39, 0.29) is 6.61 Å². The summed E-state index contributed by atoms with van der Waals surface area (Å²) in [5.74, 6) is 2.77. The molecular formula is C18H14N4O3. The topological polar surface area (TPSA) is 96.1 Å². The van der Waals surface area contributed by atoms with Crippen molar-refractivity contribution in [2.45, 2.75) is 0 Å². The van der Waals surface area contributed by atoms with E-state index in [2.05, 4.69) is 26.8 Å². The van der Waals surface area contributed by atoms with E-state index >= 15 is 0 Å². The van der Waals surface area contributed by atoms with E-state index in [4.69, 9.17) is 11.2 Å². The van der Waals surface area contributed by atoms with Crippen molar-refractivity contribution >= 4 is 28.7 Å². The lowest BCUT2D eigenvalue weighted by Crippen LogP contribution is -2.34. The van der Waals surface area contributed by atoms with Crippen molar-refractivity contribution < 1.29 is 14.3 Å². The molecule has 7 heteroatoms. The molecule has 7 nitrogen and oxygen atoms in total. The zero-order valence-corrected chi connectivity index (χ0v) is 13.1. The molecule has 0 unspecified atom stereocenters. The summed E-state index contributed by atoms with van der Waals surface area (Å²) in [4.78, 5) is 24.0. The molecule has 124 valence electrons. The number of carbonyl (C=O) groups excluding carboxylic acids is 2. The van der Waals surface area contributed by atoms with Crippen LogP contribution in [0.5, 0.6) is 5.75 Å². The Morgan fingerprint density at radius 3 is 2.76 bits per heavy atom. The molecule has 0 saturated carbocycles. The molecule has 0 atom stereocenters. The zero-order valence-electron chi connectivity index (χ0n) is 13.1. The molecule has 3 amide bonds. The van der Waals surface area contributed by atoms with Crippen LogP contribution in [0.2, 0.25) is 0 Å². The van der Waals surface area contributed by atoms with E-state index in [9.17, 15) is 9.59 Å². The van der Waals surface area contributed by atoms with Crippen LogP contribution in [-0.2, 0) is 0 Å². The number of rotatable bonds is 4. The fourth-order valence-electron chi connectivity index (χ4n) is 2.21. The summed E-state index contributed by atoms with van der Waals surface area (Å²) < 4.78 is 5.33. The predicted octanol–water partition coefficient (Wildman–Crippen LogP) is 2.54. The molecule has 3 rings (SSSR count). The molecule has 0 bridgehead atoms. The number of ether oxygens (including phenoxy) is 1. The number of carbonyl (C=O) groups is 2. The van der Waals surface area contributed by atoms with Crippen LogP contribution < -0.4 is 15.4 Å². The average molecular weight is 334 g/mol. The number of hydrogen-bond donors (Lipinski definition) is 3. The quantitative estimate of drug-likeness (QED) is 0.639. The Morgan fingerprint density at radius 2 is 2.00 bits per heavy atom. The zero-order chi connectivity index (χ0) is 17.6. The minimum Gasteiger partial charge on any atom is -0.481 e. The maximum absolute atomic E-state index is 12.0. The predicted molar refractivity (Wildman–Crippen MR) is 93.3 cm³/mol. The highest BCUT2D eigenvalue weighted by Gasteiger charge is 2.13. The first-order valence-electron chi connectivity index (χ1n) is 7.39. The molecule has 3 aromatic rings. The fourth-order valence-corrected chi connectivity index (χ4v) is 2.21. The smallest absolute Gasteiger partial charge is 0.327 e. The first-order valence-corrected chi connectivity index (χ1v) is 7.39. The Hall–Kier alpha value is -3.79. The van der Waals surface area contributed by atoms with E-state index in [1.165, 1.54) is 0 Å². The molecular weight excluding hydrogens is 320 g/mol. The van der Waals surface area contributed by atoms with Gasteiger partial charge in [-0.2, -0.15) is 5.10 Å². The number of nitrogens with one attached hydrogen (secondary N) is 3. The molecule has 0 fully saturated rings. The third kappa shape index (κ3) is 3.76. The van der Waals surface area contributed by atoms with Gasteiger partial charge in [-0.3, -0.25) is 20.5 Å². The largest absolute Gasteiger partial charge is 0.481 e. The Bertz CT molecular complexity index is 957. The summed E-state index contributed by atoms with van der Waals surface area (Å²) in [6.45, 7) is 0.161. The van der Waals surface area contributed by atoms with Gasteiger partial charge < -0.3 is 4.74 Å². The Morgan fingerprint density at radius 1 is 1.20 bits per heavy atom. The normalized spacial score (nSPS) is 10.0. The Kier molecular flexibility index (Phi) is 4.62. The SMILES string of the molecule is C#CCOc1ccc2c(NC(=O)NC(=O)c3ccccc3)n[nH]c2c1. The van der Waals surface area contributed by atoms with Gasteiger partial charge in [0.05, 0.1) is 5.52 Å². The summed E-state index contributed by atoms with van der Waals surface area (Å²) in [6, 6.07) is 12.9. The van der Waals surface area contributed by atoms with Crippen molar-refractivity contribution in [1.82, 2.24) is 15.5 Å². The number of imide groups is 1. The molecule has 25 heavy (non-hydrogen) atoms. The number of fused-ring (bicyclic) bond motifs is 1. The second-order valence-corrected chi connectivity index (χ2v) is 5.05. The fraction of sp³-hybridized carbons (Fsp3) is 0.0556. The number of nitrogens with zero attached hydrogens (tertiary/aromatic N) is 1. The second kappa shape index (κ2) is 7.19. The van der Waals surface area contributed by atoms with Crippen molar-refractivity contribution in [2.75, 3.05) is 11.9 Å². The number of terminal acetylenes is 1. The minimum atomic E-state index is -0.671. The summed E-state index contributed by atoms with van der Waals surface area (Å²) in [5, 5.41) is 12.3. The van der Waals surface area contributed by atoms with Gasteiger partial charge in [0.15, 0.2) is 5.82 Å². The molecule has 0 aliphatic carbocycles. The van der Waals surface area contributed by atoms with Gasteiger partial charge >= 0.3 is 6.03 Å². The van der Waals surface area contributed by atoms with E-state index in [1.54, 1.807) is 48.5 Å². The van der Waals surface area contributed by atoms with Gasteiger partial charge in [0, 0.05) is 17.0 Å². The third-order valence-electron chi connectivity index (χ3n) is 3.35. The molecule has 0 radical (unpaired) electrons. The number of hydrogen-bond acceptors (Lipinski definition) is 4. The number of urea groups is 1. The van der Waals surface area contributed by atoms with Crippen molar-refractivity contribution in [3.8, 4) is 18.1 Å². The molecule has 1 aromatic heterocycles. The van der Waals surface area contributed by atoms with Gasteiger partial charge in [0.25, 0.3) is 5.91 Å². The lowest BCUT2D eigenvalue weighted by atomic mass is 10.2. The Labute approximate surface area is 143 Å². The van der Waals surface area contributed by atoms with Crippen LogP contribution in [0.25, 0.3) is 10.9 Å². The molecule has 0 spiro atoms. The monoisotopic (exact) mass is 334 g/mol. The molecule has 3 N–H and O–H groups in total. The molecule has 1 heterocycles. The number of amides is 3. The van der Waals surface area contributed by atoms with Crippen molar-refractivity contribution in [2.24, 2.45) is 0 Å². The highest BCUT2D eigenvalue weighted by atomic mass is 16.5. The van der Waals surface area contributed by atoms with E-state index in [0.717, 1.165) is 0 Å². The number of benzene rings is 2. The highest BCUT2D eigenvalue weighted by Crippen LogP contribution is 2.24. The highest BCUT2D eigenvalue weighted by molar-refractivity contribution is 6.09. The van der Waals surface area contributed by atoms with Crippen molar-refractivity contribution in [3.05, 3.63) is 54.1 Å². The molecule has 2 aromatic carbocycles. The summed E-state index contributed by atoms with van der Waals surface area (Å²) in [7, 11) is 0. The lowest BCUT2D eigenvalue weighted by molar-refractivity contribution is 0.0967. The maximum Gasteiger partial charge on any atom is 0.327 e. The summed E-state index contributed by atoms with van der Waals surface area (Å²) in [6.07, 6.45) is 5.15. The number of aromatic amines is 1.